The molecule has 0 aliphatic carbocycles. The molecular formula is C24H30N3O+. The summed E-state index contributed by atoms with van der Waals surface area (Å²) in [5, 5.41) is 7.48. The van der Waals surface area contributed by atoms with Crippen molar-refractivity contribution < 1.29 is 9.64 Å². The highest BCUT2D eigenvalue weighted by molar-refractivity contribution is 6.02. The van der Waals surface area contributed by atoms with Gasteiger partial charge in [0.1, 0.15) is 5.75 Å². The summed E-state index contributed by atoms with van der Waals surface area (Å²) >= 11 is 0. The first-order chi connectivity index (χ1) is 13.6. The van der Waals surface area contributed by atoms with Gasteiger partial charge in [0.2, 0.25) is 5.72 Å². The van der Waals surface area contributed by atoms with Gasteiger partial charge in [0.15, 0.2) is 0 Å². The minimum atomic E-state index is -0.293. The fraction of sp³-hybridized carbons (Fsp3) is 0.458. The summed E-state index contributed by atoms with van der Waals surface area (Å²) in [7, 11) is 2.27. The highest BCUT2D eigenvalue weighted by atomic mass is 16.5. The number of quaternary nitrogens is 1. The summed E-state index contributed by atoms with van der Waals surface area (Å²) < 4.78 is 6.66. The van der Waals surface area contributed by atoms with Crippen LogP contribution in [0, 0.1) is 0 Å². The third kappa shape index (κ3) is 2.82. The van der Waals surface area contributed by atoms with E-state index in [1.165, 1.54) is 22.4 Å². The molecule has 1 N–H and O–H groups in total. The van der Waals surface area contributed by atoms with Crippen molar-refractivity contribution in [1.29, 1.82) is 0 Å². The Labute approximate surface area is 167 Å². The molecular weight excluding hydrogens is 346 g/mol. The van der Waals surface area contributed by atoms with E-state index < -0.39 is 0 Å². The predicted octanol–water partition coefficient (Wildman–Crippen LogP) is 3.36. The van der Waals surface area contributed by atoms with E-state index in [9.17, 15) is 0 Å². The number of nitrogens with zero attached hydrogens (tertiary/aromatic N) is 2. The molecule has 0 amide bonds. The molecule has 3 heterocycles. The van der Waals surface area contributed by atoms with Crippen LogP contribution in [0.2, 0.25) is 0 Å². The van der Waals surface area contributed by atoms with Crippen molar-refractivity contribution in [3.8, 4) is 5.75 Å². The van der Waals surface area contributed by atoms with Crippen LogP contribution in [0.5, 0.6) is 5.75 Å². The number of rotatable bonds is 2. The molecule has 0 aromatic heterocycles. The Kier molecular flexibility index (Phi) is 4.20. The van der Waals surface area contributed by atoms with Gasteiger partial charge in [0, 0.05) is 12.0 Å². The molecule has 1 atom stereocenters. The van der Waals surface area contributed by atoms with Crippen LogP contribution in [0.1, 0.15) is 61.8 Å². The molecule has 28 heavy (non-hydrogen) atoms. The Morgan fingerprint density at radius 2 is 1.79 bits per heavy atom. The third-order valence-electron chi connectivity index (χ3n) is 6.70. The molecule has 0 bridgehead atoms. The minimum absolute atomic E-state index is 0.281. The number of likely N-dealkylation sites (tertiary alicyclic amines) is 1. The summed E-state index contributed by atoms with van der Waals surface area (Å²) in [6.07, 6.45) is 2.99. The zero-order chi connectivity index (χ0) is 19.3. The first-order valence-electron chi connectivity index (χ1n) is 10.6. The lowest BCUT2D eigenvalue weighted by molar-refractivity contribution is -0.888. The highest BCUT2D eigenvalue weighted by Crippen LogP contribution is 2.49. The molecule has 2 aromatic rings. The molecule has 4 nitrogen and oxygen atoms in total. The molecule has 1 fully saturated rings. The fourth-order valence-electron chi connectivity index (χ4n) is 4.86. The van der Waals surface area contributed by atoms with Crippen molar-refractivity contribution in [3.05, 3.63) is 65.2 Å². The Hall–Kier alpha value is -2.33. The van der Waals surface area contributed by atoms with Gasteiger partial charge < -0.3 is 9.64 Å². The molecule has 3 aliphatic heterocycles. The summed E-state index contributed by atoms with van der Waals surface area (Å²) in [5.41, 5.74) is 4.79. The summed E-state index contributed by atoms with van der Waals surface area (Å²) in [4.78, 5) is 1.58. The maximum absolute atomic E-state index is 6.66. The van der Waals surface area contributed by atoms with Crippen LogP contribution in [0.4, 0.5) is 0 Å². The topological polar surface area (TPSA) is 29.3 Å². The Bertz CT molecular complexity index is 894. The second-order valence-electron chi connectivity index (χ2n) is 8.93. The molecule has 4 heteroatoms. The van der Waals surface area contributed by atoms with Crippen molar-refractivity contribution in [1.82, 2.24) is 5.01 Å². The van der Waals surface area contributed by atoms with Gasteiger partial charge in [0.25, 0.3) is 0 Å². The van der Waals surface area contributed by atoms with Crippen molar-refractivity contribution in [2.45, 2.75) is 50.8 Å². The van der Waals surface area contributed by atoms with Crippen LogP contribution in [-0.4, -0.2) is 36.6 Å². The van der Waals surface area contributed by atoms with E-state index in [0.29, 0.717) is 5.92 Å². The number of ether oxygens (including phenoxy) is 1. The van der Waals surface area contributed by atoms with Gasteiger partial charge in [-0.2, -0.15) is 5.10 Å². The second kappa shape index (κ2) is 6.63. The van der Waals surface area contributed by atoms with Crippen LogP contribution >= 0.6 is 0 Å². The molecule has 2 aromatic carbocycles. The molecule has 0 saturated carbocycles. The van der Waals surface area contributed by atoms with Gasteiger partial charge in [-0.3, -0.25) is 0 Å². The zero-order valence-electron chi connectivity index (χ0n) is 17.1. The maximum atomic E-state index is 6.66. The lowest BCUT2D eigenvalue weighted by atomic mass is 9.90. The van der Waals surface area contributed by atoms with E-state index in [-0.39, 0.29) is 11.8 Å². The SMILES string of the molecule is CC(C)c1ccc(C2=NN3[C@@H](C2)c2ccccc2OC32CC[NH+](C)CC2)cc1. The zero-order valence-corrected chi connectivity index (χ0v) is 17.1. The summed E-state index contributed by atoms with van der Waals surface area (Å²) in [5.74, 6) is 1.60. The van der Waals surface area contributed by atoms with Gasteiger partial charge in [-0.05, 0) is 23.1 Å². The lowest BCUT2D eigenvalue weighted by Gasteiger charge is -2.49. The smallest absolute Gasteiger partial charge is 0.208 e. The number of benzene rings is 2. The Morgan fingerprint density at radius 1 is 1.07 bits per heavy atom. The van der Waals surface area contributed by atoms with Crippen molar-refractivity contribution >= 4 is 5.71 Å². The molecule has 3 aliphatic rings. The number of fused-ring (bicyclic) bond motifs is 4. The average Bonchev–Trinajstić information content (AvgIpc) is 3.17. The van der Waals surface area contributed by atoms with Gasteiger partial charge in [-0.25, -0.2) is 5.01 Å². The summed E-state index contributed by atoms with van der Waals surface area (Å²) in [6, 6.07) is 17.8. The highest BCUT2D eigenvalue weighted by Gasteiger charge is 2.52. The van der Waals surface area contributed by atoms with E-state index in [1.807, 2.05) is 0 Å². The van der Waals surface area contributed by atoms with E-state index in [1.54, 1.807) is 4.90 Å². The summed E-state index contributed by atoms with van der Waals surface area (Å²) in [6.45, 7) is 6.73. The second-order valence-corrected chi connectivity index (χ2v) is 8.93. The van der Waals surface area contributed by atoms with Crippen LogP contribution in [-0.2, 0) is 0 Å². The average molecular weight is 377 g/mol. The van der Waals surface area contributed by atoms with E-state index in [4.69, 9.17) is 9.84 Å². The van der Waals surface area contributed by atoms with Gasteiger partial charge in [0.05, 0.1) is 44.7 Å². The van der Waals surface area contributed by atoms with Crippen LogP contribution in [0.15, 0.2) is 53.6 Å². The molecule has 5 rings (SSSR count). The minimum Gasteiger partial charge on any atom is -0.466 e. The van der Waals surface area contributed by atoms with Crippen molar-refractivity contribution in [2.75, 3.05) is 20.1 Å². The van der Waals surface area contributed by atoms with E-state index in [2.05, 4.69) is 74.4 Å². The Morgan fingerprint density at radius 3 is 2.50 bits per heavy atom. The first kappa shape index (κ1) is 17.7. The van der Waals surface area contributed by atoms with Gasteiger partial charge >= 0.3 is 0 Å². The Balaban J connectivity index is 1.53. The predicted molar refractivity (Wildman–Crippen MR) is 112 cm³/mol. The van der Waals surface area contributed by atoms with E-state index >= 15 is 0 Å². The largest absolute Gasteiger partial charge is 0.466 e. The molecule has 0 radical (unpaired) electrons. The molecule has 1 saturated heterocycles. The first-order valence-corrected chi connectivity index (χ1v) is 10.6. The standard InChI is InChI=1S/C24H29N3O/c1-17(2)18-8-10-19(11-9-18)21-16-22-20-6-4-5-7-23(20)28-24(27(22)25-21)12-14-26(3)15-13-24/h4-11,17,22H,12-16H2,1-3H3/p+1/t22-/m0/s1. The quantitative estimate of drug-likeness (QED) is 0.871. The normalized spacial score (nSPS) is 28.7. The number of hydrogen-bond donors (Lipinski definition) is 1. The number of hydrazone groups is 1. The number of para-hydroxylation sites is 1. The fourth-order valence-corrected chi connectivity index (χ4v) is 4.86. The molecule has 1 spiro atoms. The van der Waals surface area contributed by atoms with E-state index in [0.717, 1.165) is 38.1 Å². The molecule has 0 unspecified atom stereocenters. The van der Waals surface area contributed by atoms with Crippen LogP contribution < -0.4 is 9.64 Å². The molecule has 146 valence electrons. The van der Waals surface area contributed by atoms with Crippen molar-refractivity contribution in [3.63, 3.8) is 0 Å². The van der Waals surface area contributed by atoms with Gasteiger partial charge in [-0.15, -0.1) is 0 Å². The third-order valence-corrected chi connectivity index (χ3v) is 6.70. The van der Waals surface area contributed by atoms with Crippen molar-refractivity contribution in [2.24, 2.45) is 5.10 Å². The number of nitrogens with one attached hydrogen (secondary N) is 1. The number of hydrogen-bond acceptors (Lipinski definition) is 3. The van der Waals surface area contributed by atoms with Crippen LogP contribution in [0.25, 0.3) is 0 Å². The van der Waals surface area contributed by atoms with Gasteiger partial charge in [-0.1, -0.05) is 56.3 Å². The maximum Gasteiger partial charge on any atom is 0.208 e. The number of piperidine rings is 1. The van der Waals surface area contributed by atoms with Crippen LogP contribution in [0.3, 0.4) is 0 Å². The monoisotopic (exact) mass is 376 g/mol. The lowest BCUT2D eigenvalue weighted by Crippen LogP contribution is -3.11.